The third-order valence-corrected chi connectivity index (χ3v) is 3.27. The summed E-state index contributed by atoms with van der Waals surface area (Å²) in [4.78, 5) is 0. The molecular formula is C13H20BrN. The molecule has 0 saturated heterocycles. The second-order valence-electron chi connectivity index (χ2n) is 3.84. The molecule has 0 unspecified atom stereocenters. The van der Waals surface area contributed by atoms with E-state index in [2.05, 4.69) is 59.4 Å². The Morgan fingerprint density at radius 1 is 1.13 bits per heavy atom. The molecule has 0 atom stereocenters. The summed E-state index contributed by atoms with van der Waals surface area (Å²) in [5.74, 6) is 0. The van der Waals surface area contributed by atoms with Gasteiger partial charge in [0.15, 0.2) is 0 Å². The Balaban J connectivity index is 2.28. The van der Waals surface area contributed by atoms with Crippen LogP contribution in [0, 0.1) is 0 Å². The quantitative estimate of drug-likeness (QED) is 0.829. The van der Waals surface area contributed by atoms with E-state index in [1.165, 1.54) is 18.4 Å². The van der Waals surface area contributed by atoms with Gasteiger partial charge in [-0.05, 0) is 43.5 Å². The predicted octanol–water partition coefficient (Wildman–Crippen LogP) is 3.77. The van der Waals surface area contributed by atoms with Crippen LogP contribution in [0.1, 0.15) is 32.3 Å². The first kappa shape index (κ1) is 12.7. The minimum Gasteiger partial charge on any atom is -0.314 e. The summed E-state index contributed by atoms with van der Waals surface area (Å²) in [7, 11) is 0. The minimum absolute atomic E-state index is 0.681. The predicted molar refractivity (Wildman–Crippen MR) is 70.2 cm³/mol. The topological polar surface area (TPSA) is 12.0 Å². The van der Waals surface area contributed by atoms with Gasteiger partial charge in [0, 0.05) is 10.5 Å². The van der Waals surface area contributed by atoms with Gasteiger partial charge in [-0.15, -0.1) is 0 Å². The SMILES string of the molecule is CCC(CC)NCCc1ccc(Br)cc1. The lowest BCUT2D eigenvalue weighted by Gasteiger charge is -2.14. The van der Waals surface area contributed by atoms with E-state index in [0.29, 0.717) is 6.04 Å². The molecule has 1 N–H and O–H groups in total. The number of halogens is 1. The smallest absolute Gasteiger partial charge is 0.0175 e. The van der Waals surface area contributed by atoms with E-state index in [4.69, 9.17) is 0 Å². The maximum absolute atomic E-state index is 3.57. The van der Waals surface area contributed by atoms with E-state index in [9.17, 15) is 0 Å². The Morgan fingerprint density at radius 2 is 1.73 bits per heavy atom. The maximum atomic E-state index is 3.57. The van der Waals surface area contributed by atoms with Crippen LogP contribution < -0.4 is 5.32 Å². The molecule has 0 spiro atoms. The van der Waals surface area contributed by atoms with Crippen LogP contribution in [0.15, 0.2) is 28.7 Å². The van der Waals surface area contributed by atoms with E-state index in [1.807, 2.05) is 0 Å². The molecule has 2 heteroatoms. The molecule has 1 rings (SSSR count). The van der Waals surface area contributed by atoms with Crippen molar-refractivity contribution in [3.05, 3.63) is 34.3 Å². The molecule has 0 aliphatic heterocycles. The lowest BCUT2D eigenvalue weighted by atomic mass is 10.1. The van der Waals surface area contributed by atoms with Gasteiger partial charge in [-0.2, -0.15) is 0 Å². The van der Waals surface area contributed by atoms with Gasteiger partial charge in [-0.3, -0.25) is 0 Å². The van der Waals surface area contributed by atoms with E-state index in [0.717, 1.165) is 17.4 Å². The van der Waals surface area contributed by atoms with Crippen LogP contribution in [-0.4, -0.2) is 12.6 Å². The molecule has 0 heterocycles. The molecule has 84 valence electrons. The average Bonchev–Trinajstić information content (AvgIpc) is 2.27. The largest absolute Gasteiger partial charge is 0.314 e. The Morgan fingerprint density at radius 3 is 2.27 bits per heavy atom. The van der Waals surface area contributed by atoms with Gasteiger partial charge in [0.25, 0.3) is 0 Å². The lowest BCUT2D eigenvalue weighted by molar-refractivity contribution is 0.488. The van der Waals surface area contributed by atoms with Crippen molar-refractivity contribution < 1.29 is 0 Å². The first-order valence-electron chi connectivity index (χ1n) is 5.74. The van der Waals surface area contributed by atoms with Crippen LogP contribution in [0.5, 0.6) is 0 Å². The molecule has 0 radical (unpaired) electrons. The van der Waals surface area contributed by atoms with Crippen LogP contribution in [0.25, 0.3) is 0 Å². The molecular weight excluding hydrogens is 250 g/mol. The van der Waals surface area contributed by atoms with Gasteiger partial charge in [-0.1, -0.05) is 41.9 Å². The van der Waals surface area contributed by atoms with Gasteiger partial charge in [0.2, 0.25) is 0 Å². The number of nitrogens with one attached hydrogen (secondary N) is 1. The third-order valence-electron chi connectivity index (χ3n) is 2.75. The molecule has 0 aromatic heterocycles. The zero-order valence-electron chi connectivity index (χ0n) is 9.59. The highest BCUT2D eigenvalue weighted by molar-refractivity contribution is 9.10. The second-order valence-corrected chi connectivity index (χ2v) is 4.76. The van der Waals surface area contributed by atoms with Gasteiger partial charge in [0.05, 0.1) is 0 Å². The first-order valence-corrected chi connectivity index (χ1v) is 6.53. The van der Waals surface area contributed by atoms with Crippen LogP contribution in [0.4, 0.5) is 0 Å². The van der Waals surface area contributed by atoms with E-state index in [1.54, 1.807) is 0 Å². The van der Waals surface area contributed by atoms with Crippen molar-refractivity contribution in [3.8, 4) is 0 Å². The zero-order chi connectivity index (χ0) is 11.1. The summed E-state index contributed by atoms with van der Waals surface area (Å²) >= 11 is 3.44. The van der Waals surface area contributed by atoms with E-state index >= 15 is 0 Å². The monoisotopic (exact) mass is 269 g/mol. The van der Waals surface area contributed by atoms with Gasteiger partial charge in [-0.25, -0.2) is 0 Å². The summed E-state index contributed by atoms with van der Waals surface area (Å²) in [5.41, 5.74) is 1.40. The van der Waals surface area contributed by atoms with Crippen molar-refractivity contribution in [1.29, 1.82) is 0 Å². The standard InChI is InChI=1S/C13H20BrN/c1-3-13(4-2)15-10-9-11-5-7-12(14)8-6-11/h5-8,13,15H,3-4,9-10H2,1-2H3. The van der Waals surface area contributed by atoms with Gasteiger partial charge in [0.1, 0.15) is 0 Å². The molecule has 0 saturated carbocycles. The summed E-state index contributed by atoms with van der Waals surface area (Å²) in [6.07, 6.45) is 3.55. The molecule has 0 aliphatic rings. The number of benzene rings is 1. The zero-order valence-corrected chi connectivity index (χ0v) is 11.2. The Kier molecular flexibility index (Phi) is 5.96. The van der Waals surface area contributed by atoms with Crippen LogP contribution in [0.3, 0.4) is 0 Å². The first-order chi connectivity index (χ1) is 7.26. The number of hydrogen-bond donors (Lipinski definition) is 1. The van der Waals surface area contributed by atoms with Crippen molar-refractivity contribution in [2.45, 2.75) is 39.2 Å². The highest BCUT2D eigenvalue weighted by atomic mass is 79.9. The van der Waals surface area contributed by atoms with Crippen molar-refractivity contribution in [1.82, 2.24) is 5.32 Å². The van der Waals surface area contributed by atoms with Crippen LogP contribution in [0.2, 0.25) is 0 Å². The van der Waals surface area contributed by atoms with E-state index < -0.39 is 0 Å². The Labute approximate surface area is 101 Å². The lowest BCUT2D eigenvalue weighted by Crippen LogP contribution is -2.29. The summed E-state index contributed by atoms with van der Waals surface area (Å²) in [5, 5.41) is 3.57. The molecule has 0 aliphatic carbocycles. The fourth-order valence-corrected chi connectivity index (χ4v) is 1.91. The van der Waals surface area contributed by atoms with Crippen molar-refractivity contribution in [2.24, 2.45) is 0 Å². The fourth-order valence-electron chi connectivity index (χ4n) is 1.65. The number of rotatable bonds is 6. The minimum atomic E-state index is 0.681. The van der Waals surface area contributed by atoms with Crippen molar-refractivity contribution in [2.75, 3.05) is 6.54 Å². The van der Waals surface area contributed by atoms with Crippen molar-refractivity contribution in [3.63, 3.8) is 0 Å². The fraction of sp³-hybridized carbons (Fsp3) is 0.538. The highest BCUT2D eigenvalue weighted by Crippen LogP contribution is 2.10. The number of hydrogen-bond acceptors (Lipinski definition) is 1. The Hall–Kier alpha value is -0.340. The summed E-state index contributed by atoms with van der Waals surface area (Å²) in [6, 6.07) is 9.25. The summed E-state index contributed by atoms with van der Waals surface area (Å²) in [6.45, 7) is 5.55. The molecule has 0 amide bonds. The molecule has 1 nitrogen and oxygen atoms in total. The van der Waals surface area contributed by atoms with E-state index in [-0.39, 0.29) is 0 Å². The maximum Gasteiger partial charge on any atom is 0.0175 e. The van der Waals surface area contributed by atoms with Gasteiger partial charge >= 0.3 is 0 Å². The summed E-state index contributed by atoms with van der Waals surface area (Å²) < 4.78 is 1.15. The normalized spacial score (nSPS) is 10.9. The van der Waals surface area contributed by atoms with Crippen LogP contribution in [-0.2, 0) is 6.42 Å². The average molecular weight is 270 g/mol. The molecule has 0 bridgehead atoms. The van der Waals surface area contributed by atoms with Crippen LogP contribution >= 0.6 is 15.9 Å². The molecule has 0 fully saturated rings. The molecule has 15 heavy (non-hydrogen) atoms. The third kappa shape index (κ3) is 4.80. The highest BCUT2D eigenvalue weighted by Gasteiger charge is 2.01. The second kappa shape index (κ2) is 7.02. The molecule has 1 aromatic carbocycles. The van der Waals surface area contributed by atoms with Crippen molar-refractivity contribution >= 4 is 15.9 Å². The molecule has 1 aromatic rings. The van der Waals surface area contributed by atoms with Gasteiger partial charge < -0.3 is 5.32 Å². The Bertz CT molecular complexity index is 264.